The van der Waals surface area contributed by atoms with Gasteiger partial charge in [0.15, 0.2) is 0 Å². The molecule has 1 aliphatic carbocycles. The van der Waals surface area contributed by atoms with Crippen molar-refractivity contribution in [1.82, 2.24) is 14.7 Å². The van der Waals surface area contributed by atoms with Crippen LogP contribution < -0.4 is 4.74 Å². The first-order valence-electron chi connectivity index (χ1n) is 12.1. The number of rotatable bonds is 10. The van der Waals surface area contributed by atoms with Gasteiger partial charge in [-0.2, -0.15) is 5.10 Å². The van der Waals surface area contributed by atoms with E-state index in [-0.39, 0.29) is 5.60 Å². The van der Waals surface area contributed by atoms with Crippen LogP contribution in [0.4, 0.5) is 0 Å². The minimum atomic E-state index is -0.558. The number of aromatic nitrogens is 2. The molecule has 34 heavy (non-hydrogen) atoms. The van der Waals surface area contributed by atoms with Gasteiger partial charge in [-0.15, -0.1) is 0 Å². The molecule has 0 bridgehead atoms. The molecule has 6 heteroatoms. The maximum atomic E-state index is 10.7. The Morgan fingerprint density at radius 3 is 2.50 bits per heavy atom. The molecule has 2 aromatic carbocycles. The molecule has 4 rings (SSSR count). The number of aliphatic hydroxyl groups excluding tert-OH is 1. The molecule has 1 saturated carbocycles. The number of hydrogen-bond donors (Lipinski definition) is 1. The second kappa shape index (κ2) is 10.3. The summed E-state index contributed by atoms with van der Waals surface area (Å²) in [6.45, 7) is 9.60. The summed E-state index contributed by atoms with van der Waals surface area (Å²) in [6, 6.07) is 18.7. The van der Waals surface area contributed by atoms with Crippen LogP contribution in [-0.2, 0) is 18.3 Å². The van der Waals surface area contributed by atoms with E-state index < -0.39 is 6.10 Å². The number of hydrogen-bond acceptors (Lipinski definition) is 5. The monoisotopic (exact) mass is 463 g/mol. The van der Waals surface area contributed by atoms with Crippen LogP contribution in [0.2, 0.25) is 0 Å². The SMILES string of the molecule is Cc1cccc(Oc2c(CN(CC(O)COC(C)(C)C)C3CC3)c(-c3ccccc3)nn2C)c1. The molecule has 1 aromatic heterocycles. The molecule has 1 N–H and O–H groups in total. The van der Waals surface area contributed by atoms with Crippen LogP contribution in [-0.4, -0.2) is 50.7 Å². The van der Waals surface area contributed by atoms with Gasteiger partial charge in [0.1, 0.15) is 11.4 Å². The normalized spacial score (nSPS) is 15.0. The predicted molar refractivity (Wildman–Crippen MR) is 135 cm³/mol. The van der Waals surface area contributed by atoms with Gasteiger partial charge in [0.25, 0.3) is 0 Å². The maximum Gasteiger partial charge on any atom is 0.222 e. The van der Waals surface area contributed by atoms with Gasteiger partial charge in [0.05, 0.1) is 23.9 Å². The van der Waals surface area contributed by atoms with Crippen molar-refractivity contribution in [2.45, 2.75) is 64.8 Å². The first kappa shape index (κ1) is 24.5. The molecule has 1 aliphatic rings. The van der Waals surface area contributed by atoms with E-state index in [0.717, 1.165) is 46.9 Å². The summed E-state index contributed by atoms with van der Waals surface area (Å²) in [6.07, 6.45) is 1.72. The van der Waals surface area contributed by atoms with Crippen molar-refractivity contribution in [2.75, 3.05) is 13.2 Å². The van der Waals surface area contributed by atoms with Gasteiger partial charge in [-0.25, -0.2) is 4.68 Å². The van der Waals surface area contributed by atoms with E-state index in [4.69, 9.17) is 14.6 Å². The summed E-state index contributed by atoms with van der Waals surface area (Å²) in [5, 5.41) is 15.6. The van der Waals surface area contributed by atoms with Crippen LogP contribution >= 0.6 is 0 Å². The van der Waals surface area contributed by atoms with Gasteiger partial charge in [-0.3, -0.25) is 4.90 Å². The average Bonchev–Trinajstić information content (AvgIpc) is 3.59. The molecule has 3 aromatic rings. The average molecular weight is 464 g/mol. The van der Waals surface area contributed by atoms with Crippen molar-refractivity contribution in [3.05, 3.63) is 65.7 Å². The van der Waals surface area contributed by atoms with Gasteiger partial charge in [0, 0.05) is 31.7 Å². The minimum Gasteiger partial charge on any atom is -0.439 e. The van der Waals surface area contributed by atoms with Crippen molar-refractivity contribution >= 4 is 0 Å². The summed E-state index contributed by atoms with van der Waals surface area (Å²) >= 11 is 0. The Kier molecular flexibility index (Phi) is 7.41. The van der Waals surface area contributed by atoms with Crippen LogP contribution in [0.5, 0.6) is 11.6 Å². The molecule has 0 aliphatic heterocycles. The molecule has 0 radical (unpaired) electrons. The molecular formula is C28H37N3O3. The van der Waals surface area contributed by atoms with E-state index >= 15 is 0 Å². The Bertz CT molecular complexity index is 1080. The zero-order chi connectivity index (χ0) is 24.3. The first-order valence-corrected chi connectivity index (χ1v) is 12.1. The van der Waals surface area contributed by atoms with Crippen LogP contribution in [0.3, 0.4) is 0 Å². The maximum absolute atomic E-state index is 10.7. The molecule has 0 spiro atoms. The molecule has 1 fully saturated rings. The fourth-order valence-electron chi connectivity index (χ4n) is 4.10. The second-order valence-corrected chi connectivity index (χ2v) is 10.3. The highest BCUT2D eigenvalue weighted by molar-refractivity contribution is 5.65. The number of ether oxygens (including phenoxy) is 2. The summed E-state index contributed by atoms with van der Waals surface area (Å²) in [7, 11) is 1.93. The lowest BCUT2D eigenvalue weighted by molar-refractivity contribution is -0.0572. The number of aliphatic hydroxyl groups is 1. The molecule has 1 heterocycles. The fraction of sp³-hybridized carbons (Fsp3) is 0.464. The van der Waals surface area contributed by atoms with Crippen molar-refractivity contribution in [3.8, 4) is 22.9 Å². The second-order valence-electron chi connectivity index (χ2n) is 10.3. The summed E-state index contributed by atoms with van der Waals surface area (Å²) in [5.74, 6) is 1.52. The Hall–Kier alpha value is -2.67. The Labute approximate surface area is 203 Å². The molecule has 0 amide bonds. The molecule has 1 unspecified atom stereocenters. The molecule has 182 valence electrons. The van der Waals surface area contributed by atoms with Crippen molar-refractivity contribution in [1.29, 1.82) is 0 Å². The van der Waals surface area contributed by atoms with Crippen LogP contribution in [0, 0.1) is 6.92 Å². The zero-order valence-corrected chi connectivity index (χ0v) is 21.0. The number of aryl methyl sites for hydroxylation is 2. The zero-order valence-electron chi connectivity index (χ0n) is 21.0. The summed E-state index contributed by atoms with van der Waals surface area (Å²) < 4.78 is 14.1. The van der Waals surface area contributed by atoms with Gasteiger partial charge < -0.3 is 14.6 Å². The van der Waals surface area contributed by atoms with Crippen LogP contribution in [0.1, 0.15) is 44.7 Å². The predicted octanol–water partition coefficient (Wildman–Crippen LogP) is 5.33. The lowest BCUT2D eigenvalue weighted by Gasteiger charge is -2.27. The van der Waals surface area contributed by atoms with Crippen molar-refractivity contribution < 1.29 is 14.6 Å². The topological polar surface area (TPSA) is 59.8 Å². The fourth-order valence-corrected chi connectivity index (χ4v) is 4.10. The van der Waals surface area contributed by atoms with E-state index in [1.807, 2.05) is 68.9 Å². The van der Waals surface area contributed by atoms with Crippen LogP contribution in [0.25, 0.3) is 11.3 Å². The third kappa shape index (κ3) is 6.47. The van der Waals surface area contributed by atoms with E-state index in [9.17, 15) is 5.11 Å². The molecular weight excluding hydrogens is 426 g/mol. The van der Waals surface area contributed by atoms with E-state index in [2.05, 4.69) is 30.0 Å². The van der Waals surface area contributed by atoms with E-state index in [1.54, 1.807) is 0 Å². The summed E-state index contributed by atoms with van der Waals surface area (Å²) in [4.78, 5) is 2.35. The van der Waals surface area contributed by atoms with Gasteiger partial charge >= 0.3 is 0 Å². The van der Waals surface area contributed by atoms with Gasteiger partial charge in [-0.05, 0) is 58.2 Å². The highest BCUT2D eigenvalue weighted by atomic mass is 16.5. The minimum absolute atomic E-state index is 0.274. The smallest absolute Gasteiger partial charge is 0.222 e. The lowest BCUT2D eigenvalue weighted by Crippen LogP contribution is -2.37. The molecule has 0 saturated heterocycles. The Morgan fingerprint density at radius 1 is 1.12 bits per heavy atom. The Balaban J connectivity index is 1.63. The Morgan fingerprint density at radius 2 is 1.85 bits per heavy atom. The lowest BCUT2D eigenvalue weighted by atomic mass is 10.1. The van der Waals surface area contributed by atoms with E-state index in [1.165, 1.54) is 0 Å². The van der Waals surface area contributed by atoms with Gasteiger partial charge in [0.2, 0.25) is 5.88 Å². The largest absolute Gasteiger partial charge is 0.439 e. The third-order valence-corrected chi connectivity index (χ3v) is 5.92. The number of nitrogens with zero attached hydrogens (tertiary/aromatic N) is 3. The standard InChI is InChI=1S/C28H37N3O3/c1-20-10-9-13-24(16-20)34-27-25(26(29-30(27)5)21-11-7-6-8-12-21)18-31(22-14-15-22)17-23(32)19-33-28(2,3)4/h6-13,16,22-23,32H,14-15,17-19H2,1-5H3. The number of benzene rings is 2. The molecule has 6 nitrogen and oxygen atoms in total. The third-order valence-electron chi connectivity index (χ3n) is 5.92. The van der Waals surface area contributed by atoms with Crippen LogP contribution in [0.15, 0.2) is 54.6 Å². The van der Waals surface area contributed by atoms with Gasteiger partial charge in [-0.1, -0.05) is 42.5 Å². The highest BCUT2D eigenvalue weighted by Gasteiger charge is 2.33. The first-order chi connectivity index (χ1) is 16.2. The molecule has 1 atom stereocenters. The highest BCUT2D eigenvalue weighted by Crippen LogP contribution is 2.37. The van der Waals surface area contributed by atoms with E-state index in [0.29, 0.717) is 25.7 Å². The van der Waals surface area contributed by atoms with Crippen molar-refractivity contribution in [3.63, 3.8) is 0 Å². The van der Waals surface area contributed by atoms with Crippen molar-refractivity contribution in [2.24, 2.45) is 7.05 Å². The summed E-state index contributed by atoms with van der Waals surface area (Å²) in [5.41, 5.74) is 3.87. The quantitative estimate of drug-likeness (QED) is 0.440.